The quantitative estimate of drug-likeness (QED) is 0.253. The number of aliphatic imine (C=N–C) groups is 1. The SMILES string of the molecule is CC(C)(C)c1ccc2c(c1)c(N)c(/N=C\N)c1cc(C(C)(C)C)ccc12. The van der Waals surface area contributed by atoms with Crippen molar-refractivity contribution in [2.45, 2.75) is 52.4 Å². The van der Waals surface area contributed by atoms with Crippen molar-refractivity contribution in [3.05, 3.63) is 47.5 Å². The molecule has 0 aliphatic heterocycles. The van der Waals surface area contributed by atoms with E-state index < -0.39 is 0 Å². The third-order valence-corrected chi connectivity index (χ3v) is 5.07. The summed E-state index contributed by atoms with van der Waals surface area (Å²) in [5.74, 6) is 0. The van der Waals surface area contributed by atoms with E-state index in [1.807, 2.05) is 0 Å². The van der Waals surface area contributed by atoms with Gasteiger partial charge in [-0.2, -0.15) is 0 Å². The van der Waals surface area contributed by atoms with Crippen molar-refractivity contribution in [3.63, 3.8) is 0 Å². The summed E-state index contributed by atoms with van der Waals surface area (Å²) < 4.78 is 0. The lowest BCUT2D eigenvalue weighted by atomic mass is 9.83. The van der Waals surface area contributed by atoms with Crippen LogP contribution in [0.3, 0.4) is 0 Å². The van der Waals surface area contributed by atoms with E-state index in [9.17, 15) is 0 Å². The van der Waals surface area contributed by atoms with E-state index in [1.54, 1.807) is 0 Å². The van der Waals surface area contributed by atoms with Gasteiger partial charge in [0.2, 0.25) is 0 Å². The van der Waals surface area contributed by atoms with Gasteiger partial charge in [-0.05, 0) is 44.9 Å². The van der Waals surface area contributed by atoms with Crippen molar-refractivity contribution < 1.29 is 0 Å². The number of nitrogens with zero attached hydrogens (tertiary/aromatic N) is 1. The van der Waals surface area contributed by atoms with E-state index in [4.69, 9.17) is 11.5 Å². The molecule has 3 aromatic rings. The molecule has 0 aromatic heterocycles. The molecule has 0 aliphatic rings. The number of rotatable bonds is 1. The number of nitrogen functional groups attached to an aromatic ring is 1. The molecule has 0 saturated heterocycles. The zero-order valence-corrected chi connectivity index (χ0v) is 16.6. The van der Waals surface area contributed by atoms with Crippen LogP contribution in [0, 0.1) is 0 Å². The van der Waals surface area contributed by atoms with E-state index in [1.165, 1.54) is 17.5 Å². The van der Waals surface area contributed by atoms with Crippen LogP contribution >= 0.6 is 0 Å². The first kappa shape index (κ1) is 18.2. The Labute approximate surface area is 156 Å². The fourth-order valence-corrected chi connectivity index (χ4v) is 3.40. The van der Waals surface area contributed by atoms with Crippen molar-refractivity contribution in [2.24, 2.45) is 10.7 Å². The minimum Gasteiger partial charge on any atom is -0.396 e. The lowest BCUT2D eigenvalue weighted by Gasteiger charge is -2.22. The molecule has 0 fully saturated rings. The van der Waals surface area contributed by atoms with Crippen LogP contribution in [0.4, 0.5) is 11.4 Å². The average molecular weight is 348 g/mol. The predicted octanol–water partition coefficient (Wildman–Crippen LogP) is 5.79. The molecule has 0 aliphatic carbocycles. The molecule has 136 valence electrons. The second-order valence-electron chi connectivity index (χ2n) is 9.06. The van der Waals surface area contributed by atoms with Crippen molar-refractivity contribution in [3.8, 4) is 0 Å². The van der Waals surface area contributed by atoms with Crippen molar-refractivity contribution >= 4 is 39.3 Å². The van der Waals surface area contributed by atoms with Gasteiger partial charge in [0.25, 0.3) is 0 Å². The molecule has 0 spiro atoms. The lowest BCUT2D eigenvalue weighted by Crippen LogP contribution is -2.11. The maximum atomic E-state index is 6.57. The van der Waals surface area contributed by atoms with Crippen molar-refractivity contribution in [1.82, 2.24) is 0 Å². The Bertz CT molecular complexity index is 1020. The Morgan fingerprint density at radius 1 is 0.731 bits per heavy atom. The number of anilines is 1. The highest BCUT2D eigenvalue weighted by Gasteiger charge is 2.19. The summed E-state index contributed by atoms with van der Waals surface area (Å²) in [6, 6.07) is 13.2. The number of fused-ring (bicyclic) bond motifs is 3. The van der Waals surface area contributed by atoms with Gasteiger partial charge in [-0.15, -0.1) is 0 Å². The van der Waals surface area contributed by atoms with Crippen LogP contribution in [0.1, 0.15) is 52.7 Å². The first-order valence-electron chi connectivity index (χ1n) is 9.08. The molecule has 0 heterocycles. The van der Waals surface area contributed by atoms with Crippen LogP contribution in [-0.4, -0.2) is 6.34 Å². The van der Waals surface area contributed by atoms with Gasteiger partial charge in [0.1, 0.15) is 0 Å². The van der Waals surface area contributed by atoms with Gasteiger partial charge in [-0.3, -0.25) is 0 Å². The minimum atomic E-state index is 0.0533. The first-order chi connectivity index (χ1) is 12.0. The summed E-state index contributed by atoms with van der Waals surface area (Å²) in [6.07, 6.45) is 1.33. The zero-order valence-electron chi connectivity index (χ0n) is 16.6. The van der Waals surface area contributed by atoms with E-state index in [0.717, 1.165) is 27.2 Å². The zero-order chi connectivity index (χ0) is 19.3. The molecule has 3 rings (SSSR count). The highest BCUT2D eigenvalue weighted by Crippen LogP contribution is 2.42. The van der Waals surface area contributed by atoms with Gasteiger partial charge in [0.05, 0.1) is 17.7 Å². The van der Waals surface area contributed by atoms with Crippen LogP contribution in [0.25, 0.3) is 21.5 Å². The van der Waals surface area contributed by atoms with Crippen molar-refractivity contribution in [1.29, 1.82) is 0 Å². The molecular weight excluding hydrogens is 318 g/mol. The predicted molar refractivity (Wildman–Crippen MR) is 116 cm³/mol. The molecule has 0 unspecified atom stereocenters. The highest BCUT2D eigenvalue weighted by atomic mass is 14.8. The van der Waals surface area contributed by atoms with Crippen molar-refractivity contribution in [2.75, 3.05) is 5.73 Å². The number of hydrogen-bond donors (Lipinski definition) is 2. The molecule has 0 radical (unpaired) electrons. The maximum absolute atomic E-state index is 6.57. The van der Waals surface area contributed by atoms with Crippen LogP contribution in [-0.2, 0) is 10.8 Å². The third kappa shape index (κ3) is 3.03. The van der Waals surface area contributed by atoms with Gasteiger partial charge in [-0.1, -0.05) is 65.8 Å². The van der Waals surface area contributed by atoms with Crippen LogP contribution in [0.2, 0.25) is 0 Å². The fraction of sp³-hybridized carbons (Fsp3) is 0.348. The Hall–Kier alpha value is -2.55. The minimum absolute atomic E-state index is 0.0533. The standard InChI is InChI=1S/C23H29N3/c1-22(2,3)14-7-9-16-17-10-8-15(23(4,5)6)12-19(17)21(26-13-24)20(25)18(16)11-14/h7-13H,25H2,1-6H3,(H2,24,26). The van der Waals surface area contributed by atoms with E-state index >= 15 is 0 Å². The largest absolute Gasteiger partial charge is 0.396 e. The fourth-order valence-electron chi connectivity index (χ4n) is 3.40. The van der Waals surface area contributed by atoms with Gasteiger partial charge >= 0.3 is 0 Å². The molecule has 4 N–H and O–H groups in total. The second-order valence-corrected chi connectivity index (χ2v) is 9.06. The molecule has 3 heteroatoms. The topological polar surface area (TPSA) is 64.4 Å². The number of nitrogens with two attached hydrogens (primary N) is 2. The van der Waals surface area contributed by atoms with Gasteiger partial charge in [0, 0.05) is 10.8 Å². The second kappa shape index (κ2) is 6.01. The van der Waals surface area contributed by atoms with Crippen LogP contribution in [0.15, 0.2) is 41.4 Å². The molecule has 0 atom stereocenters. The van der Waals surface area contributed by atoms with E-state index in [0.29, 0.717) is 5.69 Å². The summed E-state index contributed by atoms with van der Waals surface area (Å²) in [7, 11) is 0. The van der Waals surface area contributed by atoms with Crippen LogP contribution in [0.5, 0.6) is 0 Å². The molecule has 3 aromatic carbocycles. The molecular formula is C23H29N3. The highest BCUT2D eigenvalue weighted by molar-refractivity contribution is 6.19. The molecule has 0 amide bonds. The Balaban J connectivity index is 2.47. The smallest absolute Gasteiger partial charge is 0.0961 e. The number of benzene rings is 3. The molecule has 26 heavy (non-hydrogen) atoms. The number of hydrogen-bond acceptors (Lipinski definition) is 2. The maximum Gasteiger partial charge on any atom is 0.0961 e. The Kier molecular flexibility index (Phi) is 4.22. The Morgan fingerprint density at radius 3 is 1.65 bits per heavy atom. The lowest BCUT2D eigenvalue weighted by molar-refractivity contribution is 0.590. The summed E-state index contributed by atoms with van der Waals surface area (Å²) in [5, 5.41) is 4.40. The van der Waals surface area contributed by atoms with E-state index in [-0.39, 0.29) is 10.8 Å². The van der Waals surface area contributed by atoms with Gasteiger partial charge < -0.3 is 11.5 Å². The molecule has 0 bridgehead atoms. The summed E-state index contributed by atoms with van der Waals surface area (Å²) in [5.41, 5.74) is 16.3. The molecule has 3 nitrogen and oxygen atoms in total. The van der Waals surface area contributed by atoms with Gasteiger partial charge in [-0.25, -0.2) is 4.99 Å². The van der Waals surface area contributed by atoms with Crippen LogP contribution < -0.4 is 11.5 Å². The summed E-state index contributed by atoms with van der Waals surface area (Å²) in [4.78, 5) is 4.43. The average Bonchev–Trinajstić information content (AvgIpc) is 2.56. The summed E-state index contributed by atoms with van der Waals surface area (Å²) in [6.45, 7) is 13.3. The third-order valence-electron chi connectivity index (χ3n) is 5.07. The summed E-state index contributed by atoms with van der Waals surface area (Å²) >= 11 is 0. The normalized spacial score (nSPS) is 13.2. The Morgan fingerprint density at radius 2 is 1.19 bits per heavy atom. The van der Waals surface area contributed by atoms with Gasteiger partial charge in [0.15, 0.2) is 0 Å². The first-order valence-corrected chi connectivity index (χ1v) is 9.08. The van der Waals surface area contributed by atoms with E-state index in [2.05, 4.69) is 82.9 Å². The molecule has 0 saturated carbocycles. The monoisotopic (exact) mass is 347 g/mol.